The maximum atomic E-state index is 13.1. The van der Waals surface area contributed by atoms with Gasteiger partial charge in [0.2, 0.25) is 0 Å². The van der Waals surface area contributed by atoms with Crippen molar-refractivity contribution in [2.45, 2.75) is 45.1 Å². The van der Waals surface area contributed by atoms with E-state index in [0.717, 1.165) is 37.0 Å². The first-order chi connectivity index (χ1) is 14.0. The largest absolute Gasteiger partial charge is 0.484 e. The molecule has 5 heteroatoms. The van der Waals surface area contributed by atoms with Gasteiger partial charge in [0, 0.05) is 5.41 Å². The molecule has 0 amide bonds. The summed E-state index contributed by atoms with van der Waals surface area (Å²) < 4.78 is 11.5. The van der Waals surface area contributed by atoms with E-state index >= 15 is 0 Å². The molecule has 3 nitrogen and oxygen atoms in total. The van der Waals surface area contributed by atoms with Crippen LogP contribution in [0.3, 0.4) is 0 Å². The molecular formula is C24H24Cl2O3. The van der Waals surface area contributed by atoms with E-state index in [1.165, 1.54) is 19.3 Å². The van der Waals surface area contributed by atoms with Gasteiger partial charge in [-0.1, -0.05) is 29.3 Å². The molecule has 6 rings (SSSR count). The lowest BCUT2D eigenvalue weighted by atomic mass is 9.48. The molecule has 29 heavy (non-hydrogen) atoms. The third-order valence-electron chi connectivity index (χ3n) is 6.93. The predicted octanol–water partition coefficient (Wildman–Crippen LogP) is 6.96. The minimum Gasteiger partial charge on any atom is -0.484 e. The zero-order valence-electron chi connectivity index (χ0n) is 16.2. The first-order valence-corrected chi connectivity index (χ1v) is 11.1. The van der Waals surface area contributed by atoms with E-state index in [9.17, 15) is 4.79 Å². The van der Waals surface area contributed by atoms with E-state index in [4.69, 9.17) is 32.4 Å². The Hall–Kier alpha value is -1.71. The van der Waals surface area contributed by atoms with Crippen LogP contribution in [-0.4, -0.2) is 5.78 Å². The lowest BCUT2D eigenvalue weighted by Crippen LogP contribution is -2.49. The van der Waals surface area contributed by atoms with Gasteiger partial charge in [0.15, 0.2) is 5.78 Å². The van der Waals surface area contributed by atoms with Crippen LogP contribution in [0.25, 0.3) is 6.08 Å². The van der Waals surface area contributed by atoms with Gasteiger partial charge in [0.25, 0.3) is 0 Å². The maximum absolute atomic E-state index is 13.1. The number of rotatable bonds is 6. The van der Waals surface area contributed by atoms with E-state index in [1.807, 2.05) is 12.1 Å². The molecule has 1 heterocycles. The van der Waals surface area contributed by atoms with Crippen LogP contribution in [0.4, 0.5) is 0 Å². The first kappa shape index (κ1) is 19.3. The zero-order chi connectivity index (χ0) is 20.0. The molecule has 1 aromatic carbocycles. The Kier molecular flexibility index (Phi) is 4.99. The third-order valence-corrected chi connectivity index (χ3v) is 7.73. The monoisotopic (exact) mass is 430 g/mol. The smallest absolute Gasteiger partial charge is 0.161 e. The van der Waals surface area contributed by atoms with Crippen LogP contribution in [-0.2, 0) is 11.4 Å². The summed E-state index contributed by atoms with van der Waals surface area (Å²) in [5, 5.41) is 0.845. The Labute approximate surface area is 181 Å². The highest BCUT2D eigenvalue weighted by atomic mass is 35.5. The summed E-state index contributed by atoms with van der Waals surface area (Å²) in [6.45, 7) is 0.247. The second-order valence-electron chi connectivity index (χ2n) is 9.04. The first-order valence-electron chi connectivity index (χ1n) is 10.4. The number of ether oxygens (including phenoxy) is 1. The number of carbonyl (C=O) groups excluding carboxylic acids is 1. The van der Waals surface area contributed by atoms with E-state index in [1.54, 1.807) is 30.4 Å². The van der Waals surface area contributed by atoms with Crippen molar-refractivity contribution < 1.29 is 13.9 Å². The minimum absolute atomic E-state index is 0.104. The molecule has 0 atom stereocenters. The standard InChI is InChI=1S/C24H24Cl2O3/c25-20-2-1-3-21(23(20)26)28-14-19-5-4-18(29-19)6-7-22(27)24-11-15-8-16(12-24)10-17(9-15)13-24/h1-7,15-17H,8-14H2/b7-6+. The van der Waals surface area contributed by atoms with Crippen molar-refractivity contribution in [1.29, 1.82) is 0 Å². The van der Waals surface area contributed by atoms with E-state index in [-0.39, 0.29) is 17.8 Å². The van der Waals surface area contributed by atoms with Gasteiger partial charge in [0.05, 0.1) is 5.02 Å². The Bertz CT molecular complexity index is 924. The van der Waals surface area contributed by atoms with Crippen LogP contribution in [0.2, 0.25) is 10.0 Å². The normalized spacial score (nSPS) is 30.2. The quantitative estimate of drug-likeness (QED) is 0.464. The van der Waals surface area contributed by atoms with Gasteiger partial charge in [-0.15, -0.1) is 0 Å². The summed E-state index contributed by atoms with van der Waals surface area (Å²) in [5.74, 6) is 4.45. The third kappa shape index (κ3) is 3.75. The van der Waals surface area contributed by atoms with Gasteiger partial charge in [-0.25, -0.2) is 0 Å². The fraction of sp³-hybridized carbons (Fsp3) is 0.458. The van der Waals surface area contributed by atoms with Crippen molar-refractivity contribution in [1.82, 2.24) is 0 Å². The van der Waals surface area contributed by atoms with Gasteiger partial charge in [-0.3, -0.25) is 4.79 Å². The van der Waals surface area contributed by atoms with Gasteiger partial charge in [-0.2, -0.15) is 0 Å². The molecule has 4 bridgehead atoms. The lowest BCUT2D eigenvalue weighted by molar-refractivity contribution is -0.138. The fourth-order valence-corrected chi connectivity index (χ4v) is 6.40. The topological polar surface area (TPSA) is 39.4 Å². The Morgan fingerprint density at radius 1 is 1.07 bits per heavy atom. The summed E-state index contributed by atoms with van der Waals surface area (Å²) in [4.78, 5) is 13.1. The van der Waals surface area contributed by atoms with Gasteiger partial charge < -0.3 is 9.15 Å². The van der Waals surface area contributed by atoms with Crippen molar-refractivity contribution in [3.8, 4) is 5.75 Å². The number of allylic oxidation sites excluding steroid dienone is 1. The molecule has 0 N–H and O–H groups in total. The fourth-order valence-electron chi connectivity index (χ4n) is 6.05. The van der Waals surface area contributed by atoms with Gasteiger partial charge >= 0.3 is 0 Å². The van der Waals surface area contributed by atoms with Crippen LogP contribution < -0.4 is 4.74 Å². The molecule has 0 aliphatic heterocycles. The molecule has 0 radical (unpaired) electrons. The van der Waals surface area contributed by atoms with Crippen LogP contribution in [0.1, 0.15) is 50.0 Å². The number of carbonyl (C=O) groups is 1. The summed E-state index contributed by atoms with van der Waals surface area (Å²) in [7, 11) is 0. The molecule has 4 saturated carbocycles. The SMILES string of the molecule is O=C(/C=C/c1ccc(COc2cccc(Cl)c2Cl)o1)C12CC3CC(CC(C3)C1)C2. The van der Waals surface area contributed by atoms with Crippen LogP contribution in [0.5, 0.6) is 5.75 Å². The second-order valence-corrected chi connectivity index (χ2v) is 9.83. The van der Waals surface area contributed by atoms with Crippen LogP contribution >= 0.6 is 23.2 Å². The van der Waals surface area contributed by atoms with E-state index in [2.05, 4.69) is 0 Å². The molecular weight excluding hydrogens is 407 g/mol. The highest BCUT2D eigenvalue weighted by molar-refractivity contribution is 6.42. The molecule has 4 aliphatic rings. The minimum atomic E-state index is -0.104. The van der Waals surface area contributed by atoms with Crippen molar-refractivity contribution in [3.63, 3.8) is 0 Å². The Balaban J connectivity index is 1.23. The average Bonchev–Trinajstić information content (AvgIpc) is 3.14. The highest BCUT2D eigenvalue weighted by Gasteiger charge is 2.53. The summed E-state index contributed by atoms with van der Waals surface area (Å²) in [6.07, 6.45) is 10.8. The highest BCUT2D eigenvalue weighted by Crippen LogP contribution is 2.60. The number of benzene rings is 1. The molecule has 0 saturated heterocycles. The van der Waals surface area contributed by atoms with Gasteiger partial charge in [0.1, 0.15) is 28.9 Å². The van der Waals surface area contributed by atoms with Crippen molar-refractivity contribution in [3.05, 3.63) is 58.0 Å². The van der Waals surface area contributed by atoms with Crippen molar-refractivity contribution in [2.75, 3.05) is 0 Å². The number of hydrogen-bond acceptors (Lipinski definition) is 3. The number of hydrogen-bond donors (Lipinski definition) is 0. The molecule has 0 unspecified atom stereocenters. The van der Waals surface area contributed by atoms with E-state index < -0.39 is 0 Å². The van der Waals surface area contributed by atoms with Crippen LogP contribution in [0, 0.1) is 23.2 Å². The van der Waals surface area contributed by atoms with Crippen molar-refractivity contribution >= 4 is 35.1 Å². The zero-order valence-corrected chi connectivity index (χ0v) is 17.7. The number of ketones is 1. The number of halogens is 2. The van der Waals surface area contributed by atoms with Gasteiger partial charge in [-0.05, 0) is 92.7 Å². The van der Waals surface area contributed by atoms with Crippen molar-refractivity contribution in [2.24, 2.45) is 23.2 Å². The summed E-state index contributed by atoms with van der Waals surface area (Å²) in [5.41, 5.74) is -0.104. The molecule has 4 fully saturated rings. The Morgan fingerprint density at radius 3 is 2.45 bits per heavy atom. The molecule has 0 spiro atoms. The molecule has 4 aliphatic carbocycles. The summed E-state index contributed by atoms with van der Waals surface area (Å²) in [6, 6.07) is 8.99. The second kappa shape index (κ2) is 7.52. The summed E-state index contributed by atoms with van der Waals surface area (Å²) >= 11 is 12.1. The Morgan fingerprint density at radius 2 is 1.76 bits per heavy atom. The molecule has 1 aromatic heterocycles. The lowest BCUT2D eigenvalue weighted by Gasteiger charge is -2.55. The van der Waals surface area contributed by atoms with Crippen LogP contribution in [0.15, 0.2) is 40.8 Å². The molecule has 2 aromatic rings. The maximum Gasteiger partial charge on any atom is 0.161 e. The van der Waals surface area contributed by atoms with E-state index in [0.29, 0.717) is 27.3 Å². The number of furan rings is 1. The molecule has 152 valence electrons. The predicted molar refractivity (Wildman–Crippen MR) is 114 cm³/mol. The average molecular weight is 431 g/mol.